The van der Waals surface area contributed by atoms with Gasteiger partial charge in [0.1, 0.15) is 11.5 Å². The average molecular weight is 265 g/mol. The van der Waals surface area contributed by atoms with Crippen LogP contribution in [0.4, 0.5) is 0 Å². The molecule has 1 aromatic rings. The molecule has 0 atom stereocenters. The van der Waals surface area contributed by atoms with Crippen molar-refractivity contribution >= 4 is 5.91 Å². The molecule has 0 spiro atoms. The Balaban J connectivity index is 2.82. The normalized spacial score (nSPS) is 10.1. The predicted molar refractivity (Wildman–Crippen MR) is 76.1 cm³/mol. The summed E-state index contributed by atoms with van der Waals surface area (Å²) < 4.78 is 10.5. The zero-order valence-electron chi connectivity index (χ0n) is 12.2. The maximum atomic E-state index is 12.1. The minimum absolute atomic E-state index is 0.0984. The molecule has 106 valence electrons. The number of amides is 1. The molecule has 0 fully saturated rings. The maximum Gasteiger partial charge on any atom is 0.255 e. The number of methoxy groups -OCH3 is 2. The molecule has 0 unspecified atom stereocenters. The minimum Gasteiger partial charge on any atom is -0.496 e. The van der Waals surface area contributed by atoms with Crippen LogP contribution in [0.2, 0.25) is 0 Å². The fraction of sp³-hybridized carbons (Fsp3) is 0.533. The van der Waals surface area contributed by atoms with Crippen molar-refractivity contribution in [1.29, 1.82) is 0 Å². The van der Waals surface area contributed by atoms with Gasteiger partial charge in [-0.3, -0.25) is 4.79 Å². The van der Waals surface area contributed by atoms with Gasteiger partial charge in [0.25, 0.3) is 5.91 Å². The van der Waals surface area contributed by atoms with Crippen LogP contribution in [0.25, 0.3) is 0 Å². The van der Waals surface area contributed by atoms with E-state index in [0.717, 1.165) is 30.6 Å². The summed E-state index contributed by atoms with van der Waals surface area (Å²) >= 11 is 0. The second-order valence-corrected chi connectivity index (χ2v) is 4.44. The van der Waals surface area contributed by atoms with Gasteiger partial charge in [-0.25, -0.2) is 0 Å². The molecule has 0 aliphatic carbocycles. The van der Waals surface area contributed by atoms with Crippen LogP contribution in [0.15, 0.2) is 12.1 Å². The smallest absolute Gasteiger partial charge is 0.255 e. The van der Waals surface area contributed by atoms with Crippen molar-refractivity contribution in [1.82, 2.24) is 5.32 Å². The quantitative estimate of drug-likeness (QED) is 0.771. The van der Waals surface area contributed by atoms with Crippen molar-refractivity contribution in [3.05, 3.63) is 23.3 Å². The zero-order valence-corrected chi connectivity index (χ0v) is 12.2. The van der Waals surface area contributed by atoms with E-state index in [1.54, 1.807) is 26.4 Å². The summed E-state index contributed by atoms with van der Waals surface area (Å²) in [7, 11) is 3.17. The Morgan fingerprint density at radius 2 is 1.95 bits per heavy atom. The van der Waals surface area contributed by atoms with E-state index in [1.165, 1.54) is 0 Å². The molecule has 1 rings (SSSR count). The molecule has 1 N–H and O–H groups in total. The number of benzene rings is 1. The fourth-order valence-corrected chi connectivity index (χ4v) is 2.01. The molecule has 1 amide bonds. The Morgan fingerprint density at radius 1 is 1.21 bits per heavy atom. The Kier molecular flexibility index (Phi) is 6.19. The Labute approximate surface area is 115 Å². The maximum absolute atomic E-state index is 12.1. The highest BCUT2D eigenvalue weighted by Crippen LogP contribution is 2.31. The second-order valence-electron chi connectivity index (χ2n) is 4.44. The van der Waals surface area contributed by atoms with Crippen molar-refractivity contribution in [3.63, 3.8) is 0 Å². The number of rotatable bonds is 7. The predicted octanol–water partition coefficient (Wildman–Crippen LogP) is 2.93. The van der Waals surface area contributed by atoms with Gasteiger partial charge in [0.2, 0.25) is 0 Å². The minimum atomic E-state index is -0.0984. The van der Waals surface area contributed by atoms with Crippen molar-refractivity contribution < 1.29 is 14.3 Å². The summed E-state index contributed by atoms with van der Waals surface area (Å²) in [5.41, 5.74) is 1.39. The van der Waals surface area contributed by atoms with Crippen molar-refractivity contribution in [2.75, 3.05) is 20.8 Å². The lowest BCUT2D eigenvalue weighted by Crippen LogP contribution is -2.25. The Hall–Kier alpha value is -1.71. The molecule has 0 saturated carbocycles. The molecule has 0 aromatic heterocycles. The van der Waals surface area contributed by atoms with Crippen LogP contribution in [0.3, 0.4) is 0 Å². The van der Waals surface area contributed by atoms with Crippen LogP contribution in [-0.2, 0) is 0 Å². The third kappa shape index (κ3) is 3.88. The summed E-state index contributed by atoms with van der Waals surface area (Å²) in [6.07, 6.45) is 3.26. The Bertz CT molecular complexity index is 430. The van der Waals surface area contributed by atoms with Gasteiger partial charge in [0.15, 0.2) is 0 Å². The number of hydrogen-bond acceptors (Lipinski definition) is 3. The lowest BCUT2D eigenvalue weighted by Gasteiger charge is -2.14. The largest absolute Gasteiger partial charge is 0.496 e. The standard InChI is InChI=1S/C15H23NO3/c1-5-6-7-10-16-15(17)12-8-9-13(18-3)11(2)14(12)19-4/h8-9H,5-7,10H2,1-4H3,(H,16,17). The second kappa shape index (κ2) is 7.67. The summed E-state index contributed by atoms with van der Waals surface area (Å²) in [6.45, 7) is 4.71. The van der Waals surface area contributed by atoms with E-state index in [9.17, 15) is 4.79 Å². The first-order valence-corrected chi connectivity index (χ1v) is 6.65. The molecular weight excluding hydrogens is 242 g/mol. The summed E-state index contributed by atoms with van der Waals surface area (Å²) in [4.78, 5) is 12.1. The molecule has 4 heteroatoms. The van der Waals surface area contributed by atoms with Crippen LogP contribution in [0, 0.1) is 6.92 Å². The molecular formula is C15H23NO3. The first kappa shape index (κ1) is 15.3. The number of nitrogens with one attached hydrogen (secondary N) is 1. The van der Waals surface area contributed by atoms with E-state index in [0.29, 0.717) is 17.9 Å². The van der Waals surface area contributed by atoms with Gasteiger partial charge < -0.3 is 14.8 Å². The first-order chi connectivity index (χ1) is 9.15. The molecule has 0 heterocycles. The number of carbonyl (C=O) groups excluding carboxylic acids is 1. The third-order valence-electron chi connectivity index (χ3n) is 3.09. The molecule has 4 nitrogen and oxygen atoms in total. The van der Waals surface area contributed by atoms with Crippen LogP contribution in [-0.4, -0.2) is 26.7 Å². The van der Waals surface area contributed by atoms with E-state index in [4.69, 9.17) is 9.47 Å². The van der Waals surface area contributed by atoms with Gasteiger partial charge in [-0.2, -0.15) is 0 Å². The van der Waals surface area contributed by atoms with Crippen molar-refractivity contribution in [2.45, 2.75) is 33.1 Å². The molecule has 1 aromatic carbocycles. The van der Waals surface area contributed by atoms with Gasteiger partial charge >= 0.3 is 0 Å². The fourth-order valence-electron chi connectivity index (χ4n) is 2.01. The van der Waals surface area contributed by atoms with Crippen LogP contribution in [0.5, 0.6) is 11.5 Å². The summed E-state index contributed by atoms with van der Waals surface area (Å²) in [6, 6.07) is 3.53. The van der Waals surface area contributed by atoms with E-state index in [2.05, 4.69) is 12.2 Å². The van der Waals surface area contributed by atoms with E-state index >= 15 is 0 Å². The number of unbranched alkanes of at least 4 members (excludes halogenated alkanes) is 2. The van der Waals surface area contributed by atoms with E-state index in [-0.39, 0.29) is 5.91 Å². The highest BCUT2D eigenvalue weighted by atomic mass is 16.5. The molecule has 0 bridgehead atoms. The first-order valence-electron chi connectivity index (χ1n) is 6.65. The average Bonchev–Trinajstić information content (AvgIpc) is 2.43. The lowest BCUT2D eigenvalue weighted by molar-refractivity contribution is 0.0949. The SMILES string of the molecule is CCCCCNC(=O)c1ccc(OC)c(C)c1OC. The van der Waals surface area contributed by atoms with Gasteiger partial charge in [-0.1, -0.05) is 19.8 Å². The molecule has 0 aliphatic rings. The lowest BCUT2D eigenvalue weighted by atomic mass is 10.1. The monoisotopic (exact) mass is 265 g/mol. The highest BCUT2D eigenvalue weighted by molar-refractivity contribution is 5.97. The van der Waals surface area contributed by atoms with Crippen LogP contribution in [0.1, 0.15) is 42.1 Å². The molecule has 0 saturated heterocycles. The number of carbonyl (C=O) groups is 1. The third-order valence-corrected chi connectivity index (χ3v) is 3.09. The molecule has 19 heavy (non-hydrogen) atoms. The molecule has 0 aliphatic heterocycles. The van der Waals surface area contributed by atoms with Crippen LogP contribution < -0.4 is 14.8 Å². The molecule has 0 radical (unpaired) electrons. The van der Waals surface area contributed by atoms with E-state index < -0.39 is 0 Å². The topological polar surface area (TPSA) is 47.6 Å². The summed E-state index contributed by atoms with van der Waals surface area (Å²) in [5, 5.41) is 2.91. The Morgan fingerprint density at radius 3 is 2.53 bits per heavy atom. The van der Waals surface area contributed by atoms with Gasteiger partial charge in [-0.15, -0.1) is 0 Å². The van der Waals surface area contributed by atoms with Gasteiger partial charge in [-0.05, 0) is 25.5 Å². The number of ether oxygens (including phenoxy) is 2. The summed E-state index contributed by atoms with van der Waals surface area (Å²) in [5.74, 6) is 1.20. The number of hydrogen-bond donors (Lipinski definition) is 1. The van der Waals surface area contributed by atoms with Crippen LogP contribution >= 0.6 is 0 Å². The van der Waals surface area contributed by atoms with Crippen molar-refractivity contribution in [2.24, 2.45) is 0 Å². The van der Waals surface area contributed by atoms with Gasteiger partial charge in [0, 0.05) is 12.1 Å². The van der Waals surface area contributed by atoms with E-state index in [1.807, 2.05) is 6.92 Å². The zero-order chi connectivity index (χ0) is 14.3. The van der Waals surface area contributed by atoms with Gasteiger partial charge in [0.05, 0.1) is 19.8 Å². The van der Waals surface area contributed by atoms with Crippen molar-refractivity contribution in [3.8, 4) is 11.5 Å². The highest BCUT2D eigenvalue weighted by Gasteiger charge is 2.16.